The molecule has 0 atom stereocenters. The van der Waals surface area contributed by atoms with Crippen molar-refractivity contribution in [3.8, 4) is 0 Å². The van der Waals surface area contributed by atoms with Crippen LogP contribution in [-0.2, 0) is 4.74 Å². The molecule has 0 heterocycles. The van der Waals surface area contributed by atoms with Crippen LogP contribution in [0.1, 0.15) is 13.3 Å². The fourth-order valence-corrected chi connectivity index (χ4v) is 1.28. The molecule has 0 aliphatic rings. The Balaban J connectivity index is 3.06. The van der Waals surface area contributed by atoms with Crippen LogP contribution in [0.25, 0.3) is 0 Å². The van der Waals surface area contributed by atoms with Gasteiger partial charge < -0.3 is 4.74 Å². The molecule has 0 aromatic rings. The van der Waals surface area contributed by atoms with Crippen molar-refractivity contribution in [3.05, 3.63) is 0 Å². The van der Waals surface area contributed by atoms with Gasteiger partial charge in [-0.3, -0.25) is 0 Å². The van der Waals surface area contributed by atoms with E-state index in [1.807, 2.05) is 29.5 Å². The molecule has 0 aliphatic carbocycles. The molecule has 9 heavy (non-hydrogen) atoms. The lowest BCUT2D eigenvalue weighted by Crippen LogP contribution is -1.94. The first-order valence-corrected chi connectivity index (χ1v) is 5.18. The maximum Gasteiger partial charge on any atom is 0.368 e. The van der Waals surface area contributed by atoms with Crippen molar-refractivity contribution in [1.82, 2.24) is 0 Å². The van der Waals surface area contributed by atoms with Gasteiger partial charge in [-0.15, -0.1) is 0 Å². The summed E-state index contributed by atoms with van der Waals surface area (Å²) in [6.07, 6.45) is 1.01. The Kier molecular flexibility index (Phi) is 7.07. The molecular formula is C5H9IO2S. The number of carbonyl (C=O) groups is 1. The van der Waals surface area contributed by atoms with Gasteiger partial charge in [-0.05, 0) is 40.8 Å². The van der Waals surface area contributed by atoms with Crippen LogP contribution < -0.4 is 0 Å². The molecule has 0 unspecified atom stereocenters. The molecule has 0 aromatic carbocycles. The van der Waals surface area contributed by atoms with Crippen LogP contribution in [0.5, 0.6) is 0 Å². The van der Waals surface area contributed by atoms with Gasteiger partial charge >= 0.3 is 5.30 Å². The SMILES string of the molecule is CCCSC(=O)OCI. The van der Waals surface area contributed by atoms with Crippen LogP contribution in [0, 0.1) is 0 Å². The Morgan fingerprint density at radius 3 is 2.89 bits per heavy atom. The van der Waals surface area contributed by atoms with E-state index in [1.165, 1.54) is 11.8 Å². The quantitative estimate of drug-likeness (QED) is 0.443. The molecule has 0 bridgehead atoms. The molecule has 0 rings (SSSR count). The molecule has 0 aliphatic heterocycles. The normalized spacial score (nSPS) is 9.11. The predicted octanol–water partition coefficient (Wildman–Crippen LogP) is 2.66. The minimum Gasteiger partial charge on any atom is -0.447 e. The van der Waals surface area contributed by atoms with Gasteiger partial charge in [-0.2, -0.15) is 0 Å². The Labute approximate surface area is 72.9 Å². The van der Waals surface area contributed by atoms with Crippen molar-refractivity contribution in [2.45, 2.75) is 13.3 Å². The van der Waals surface area contributed by atoms with Crippen molar-refractivity contribution >= 4 is 39.7 Å². The maximum atomic E-state index is 10.5. The van der Waals surface area contributed by atoms with Gasteiger partial charge in [0.15, 0.2) is 0 Å². The van der Waals surface area contributed by atoms with E-state index >= 15 is 0 Å². The summed E-state index contributed by atoms with van der Waals surface area (Å²) in [7, 11) is 0. The van der Waals surface area contributed by atoms with E-state index in [1.54, 1.807) is 0 Å². The monoisotopic (exact) mass is 260 g/mol. The predicted molar refractivity (Wildman–Crippen MR) is 48.1 cm³/mol. The fourth-order valence-electron chi connectivity index (χ4n) is 0.272. The molecule has 54 valence electrons. The summed E-state index contributed by atoms with van der Waals surface area (Å²) in [6.45, 7) is 2.03. The standard InChI is InChI=1S/C5H9IO2S/c1-2-3-9-5(7)8-4-6/h2-4H2,1H3. The molecule has 0 amide bonds. The minimum absolute atomic E-state index is 0.161. The maximum absolute atomic E-state index is 10.5. The van der Waals surface area contributed by atoms with Gasteiger partial charge in [0.05, 0.1) is 0 Å². The van der Waals surface area contributed by atoms with E-state index in [9.17, 15) is 4.79 Å². The Hall–Kier alpha value is 0.550. The van der Waals surface area contributed by atoms with Gasteiger partial charge in [0.25, 0.3) is 0 Å². The first-order chi connectivity index (χ1) is 4.31. The first-order valence-electron chi connectivity index (χ1n) is 2.66. The van der Waals surface area contributed by atoms with Crippen LogP contribution in [0.2, 0.25) is 0 Å². The van der Waals surface area contributed by atoms with E-state index in [0.29, 0.717) is 4.61 Å². The van der Waals surface area contributed by atoms with Crippen molar-refractivity contribution in [2.75, 3.05) is 10.4 Å². The summed E-state index contributed by atoms with van der Waals surface area (Å²) in [5.74, 6) is 0.857. The highest BCUT2D eigenvalue weighted by molar-refractivity contribution is 14.1. The second-order valence-corrected chi connectivity index (χ2v) is 3.00. The zero-order chi connectivity index (χ0) is 7.11. The third kappa shape index (κ3) is 6.44. The zero-order valence-electron chi connectivity index (χ0n) is 5.22. The highest BCUT2D eigenvalue weighted by Gasteiger charge is 1.98. The number of ether oxygens (including phenoxy) is 1. The van der Waals surface area contributed by atoms with Crippen molar-refractivity contribution < 1.29 is 9.53 Å². The topological polar surface area (TPSA) is 26.3 Å². The molecule has 0 N–H and O–H groups in total. The number of thioether (sulfide) groups is 1. The highest BCUT2D eigenvalue weighted by Crippen LogP contribution is 2.06. The highest BCUT2D eigenvalue weighted by atomic mass is 127. The van der Waals surface area contributed by atoms with Crippen LogP contribution in [-0.4, -0.2) is 15.7 Å². The summed E-state index contributed by atoms with van der Waals surface area (Å²) < 4.78 is 5.11. The molecule has 0 spiro atoms. The molecule has 0 saturated carbocycles. The van der Waals surface area contributed by atoms with E-state index in [4.69, 9.17) is 0 Å². The second kappa shape index (κ2) is 6.67. The number of rotatable bonds is 3. The van der Waals surface area contributed by atoms with Crippen LogP contribution in [0.15, 0.2) is 0 Å². The largest absolute Gasteiger partial charge is 0.447 e. The second-order valence-electron chi connectivity index (χ2n) is 1.35. The molecule has 0 radical (unpaired) electrons. The molecule has 2 nitrogen and oxygen atoms in total. The Morgan fingerprint density at radius 1 is 1.78 bits per heavy atom. The summed E-state index contributed by atoms with van der Waals surface area (Å²) >= 11 is 3.23. The van der Waals surface area contributed by atoms with Crippen molar-refractivity contribution in [1.29, 1.82) is 0 Å². The van der Waals surface area contributed by atoms with Gasteiger partial charge in [-0.25, -0.2) is 4.79 Å². The summed E-state index contributed by atoms with van der Waals surface area (Å²) in [5, 5.41) is -0.161. The molecule has 0 aromatic heterocycles. The molecular weight excluding hydrogens is 251 g/mol. The number of hydrogen-bond donors (Lipinski definition) is 0. The Morgan fingerprint density at radius 2 is 2.44 bits per heavy atom. The van der Waals surface area contributed by atoms with Gasteiger partial charge in [-0.1, -0.05) is 6.92 Å². The lowest BCUT2D eigenvalue weighted by atomic mass is 10.6. The lowest BCUT2D eigenvalue weighted by Gasteiger charge is -1.96. The third-order valence-electron chi connectivity index (χ3n) is 0.596. The van der Waals surface area contributed by atoms with Crippen LogP contribution in [0.4, 0.5) is 4.79 Å². The molecule has 0 saturated heterocycles. The Bertz CT molecular complexity index is 87.0. The fraction of sp³-hybridized carbons (Fsp3) is 0.800. The lowest BCUT2D eigenvalue weighted by molar-refractivity contribution is 0.198. The average molecular weight is 260 g/mol. The van der Waals surface area contributed by atoms with Crippen LogP contribution in [0.3, 0.4) is 0 Å². The van der Waals surface area contributed by atoms with E-state index < -0.39 is 0 Å². The smallest absolute Gasteiger partial charge is 0.368 e. The van der Waals surface area contributed by atoms with Crippen LogP contribution >= 0.6 is 34.4 Å². The first kappa shape index (κ1) is 9.55. The minimum atomic E-state index is -0.161. The summed E-state index contributed by atoms with van der Waals surface area (Å²) in [6, 6.07) is 0. The van der Waals surface area contributed by atoms with Crippen molar-refractivity contribution in [2.24, 2.45) is 0 Å². The van der Waals surface area contributed by atoms with Gasteiger partial charge in [0.1, 0.15) is 4.61 Å². The number of halogens is 1. The van der Waals surface area contributed by atoms with E-state index in [0.717, 1.165) is 12.2 Å². The zero-order valence-corrected chi connectivity index (χ0v) is 8.20. The number of carbonyl (C=O) groups excluding carboxylic acids is 1. The number of hydrogen-bond acceptors (Lipinski definition) is 3. The molecule has 0 fully saturated rings. The summed E-state index contributed by atoms with van der Waals surface area (Å²) in [5.41, 5.74) is 0. The number of alkyl halides is 1. The van der Waals surface area contributed by atoms with Crippen molar-refractivity contribution in [3.63, 3.8) is 0 Å². The van der Waals surface area contributed by atoms with E-state index in [-0.39, 0.29) is 5.30 Å². The third-order valence-corrected chi connectivity index (χ3v) is 1.87. The van der Waals surface area contributed by atoms with E-state index in [2.05, 4.69) is 4.74 Å². The average Bonchev–Trinajstić information content (AvgIpc) is 1.85. The van der Waals surface area contributed by atoms with Gasteiger partial charge in [0.2, 0.25) is 0 Å². The van der Waals surface area contributed by atoms with Gasteiger partial charge in [0, 0.05) is 5.75 Å². The summed E-state index contributed by atoms with van der Waals surface area (Å²) in [4.78, 5) is 10.5. The molecule has 4 heteroatoms.